The van der Waals surface area contributed by atoms with Crippen LogP contribution in [0.5, 0.6) is 0 Å². The fourth-order valence-electron chi connectivity index (χ4n) is 1.71. The van der Waals surface area contributed by atoms with Crippen molar-refractivity contribution >= 4 is 0 Å². The van der Waals surface area contributed by atoms with Crippen LogP contribution >= 0.6 is 0 Å². The van der Waals surface area contributed by atoms with Crippen LogP contribution in [0.3, 0.4) is 0 Å². The molecular weight excluding hydrogens is 174 g/mol. The smallest absolute Gasteiger partial charge is 0.0225 e. The van der Waals surface area contributed by atoms with E-state index in [4.69, 9.17) is 5.84 Å². The molecule has 1 unspecified atom stereocenters. The molecule has 0 radical (unpaired) electrons. The van der Waals surface area contributed by atoms with Crippen LogP contribution in [-0.4, -0.2) is 31.6 Å². The maximum absolute atomic E-state index is 5.55. The summed E-state index contributed by atoms with van der Waals surface area (Å²) in [7, 11) is 4.20. The zero-order chi connectivity index (χ0) is 11.0. The largest absolute Gasteiger partial charge is 0.309 e. The fraction of sp³-hybridized carbons (Fsp3) is 1.00. The van der Waals surface area contributed by atoms with Crippen molar-refractivity contribution in [1.82, 2.24) is 10.3 Å². The van der Waals surface area contributed by atoms with Gasteiger partial charge in [0.1, 0.15) is 0 Å². The summed E-state index contributed by atoms with van der Waals surface area (Å²) < 4.78 is 0. The third-order valence-electron chi connectivity index (χ3n) is 2.93. The Morgan fingerprint density at radius 3 is 2.14 bits per heavy atom. The second-order valence-electron chi connectivity index (χ2n) is 4.37. The number of rotatable bonds is 8. The summed E-state index contributed by atoms with van der Waals surface area (Å²) in [5.41, 5.74) is 2.93. The lowest BCUT2D eigenvalue weighted by Gasteiger charge is -2.22. The predicted molar refractivity (Wildman–Crippen MR) is 63.0 cm³/mol. The van der Waals surface area contributed by atoms with Gasteiger partial charge in [0.05, 0.1) is 0 Å². The first-order valence-corrected chi connectivity index (χ1v) is 5.74. The van der Waals surface area contributed by atoms with Gasteiger partial charge in [-0.1, -0.05) is 26.7 Å². The second kappa shape index (κ2) is 8.21. The number of nitrogens with zero attached hydrogens (tertiary/aromatic N) is 1. The number of hydrogen-bond donors (Lipinski definition) is 2. The van der Waals surface area contributed by atoms with Gasteiger partial charge < -0.3 is 4.90 Å². The lowest BCUT2D eigenvalue weighted by atomic mass is 9.93. The van der Waals surface area contributed by atoms with Gasteiger partial charge >= 0.3 is 0 Å². The Morgan fingerprint density at radius 1 is 1.21 bits per heavy atom. The second-order valence-corrected chi connectivity index (χ2v) is 4.37. The van der Waals surface area contributed by atoms with Gasteiger partial charge in [-0.15, -0.1) is 0 Å². The minimum absolute atomic E-state index is 0.474. The van der Waals surface area contributed by atoms with Gasteiger partial charge in [-0.3, -0.25) is 11.3 Å². The van der Waals surface area contributed by atoms with E-state index < -0.39 is 0 Å². The van der Waals surface area contributed by atoms with Crippen LogP contribution in [0.1, 0.15) is 39.5 Å². The van der Waals surface area contributed by atoms with Gasteiger partial charge in [0.15, 0.2) is 0 Å². The Bertz CT molecular complexity index is 122. The van der Waals surface area contributed by atoms with Crippen LogP contribution in [0.4, 0.5) is 0 Å². The lowest BCUT2D eigenvalue weighted by molar-refractivity contribution is 0.312. The van der Waals surface area contributed by atoms with Crippen LogP contribution in [0.25, 0.3) is 0 Å². The molecule has 86 valence electrons. The summed E-state index contributed by atoms with van der Waals surface area (Å²) >= 11 is 0. The molecule has 0 aliphatic heterocycles. The van der Waals surface area contributed by atoms with Crippen LogP contribution in [0, 0.1) is 5.92 Å². The number of nitrogens with one attached hydrogen (secondary N) is 1. The first-order chi connectivity index (χ1) is 6.63. The van der Waals surface area contributed by atoms with Crippen molar-refractivity contribution in [3.05, 3.63) is 0 Å². The first kappa shape index (κ1) is 13.9. The van der Waals surface area contributed by atoms with Crippen LogP contribution in [0.2, 0.25) is 0 Å². The number of hydrogen-bond acceptors (Lipinski definition) is 3. The minimum atomic E-state index is 0.474. The molecule has 0 aliphatic carbocycles. The summed E-state index contributed by atoms with van der Waals surface area (Å²) in [5.74, 6) is 6.37. The first-order valence-electron chi connectivity index (χ1n) is 5.74. The van der Waals surface area contributed by atoms with Crippen LogP contribution in [-0.2, 0) is 0 Å². The molecule has 0 fully saturated rings. The third-order valence-corrected chi connectivity index (χ3v) is 2.93. The Balaban J connectivity index is 3.76. The fourth-order valence-corrected chi connectivity index (χ4v) is 1.71. The van der Waals surface area contributed by atoms with E-state index >= 15 is 0 Å². The molecule has 0 amide bonds. The Hall–Kier alpha value is -0.120. The molecule has 3 N–H and O–H groups in total. The summed E-state index contributed by atoms with van der Waals surface area (Å²) in [5, 5.41) is 0. The SMILES string of the molecule is CCC(CC)CC(CCN(C)C)NN. The highest BCUT2D eigenvalue weighted by Gasteiger charge is 2.12. The topological polar surface area (TPSA) is 41.3 Å². The highest BCUT2D eigenvalue weighted by molar-refractivity contribution is 4.69. The van der Waals surface area contributed by atoms with E-state index in [0.717, 1.165) is 18.9 Å². The molecule has 0 aromatic rings. The zero-order valence-corrected chi connectivity index (χ0v) is 10.2. The van der Waals surface area contributed by atoms with Crippen molar-refractivity contribution in [3.63, 3.8) is 0 Å². The molecule has 3 heteroatoms. The van der Waals surface area contributed by atoms with Crippen molar-refractivity contribution in [2.24, 2.45) is 11.8 Å². The van der Waals surface area contributed by atoms with Gasteiger partial charge in [0.2, 0.25) is 0 Å². The molecular formula is C11H27N3. The molecule has 0 aromatic heterocycles. The van der Waals surface area contributed by atoms with Gasteiger partial charge in [0, 0.05) is 6.04 Å². The normalized spacial score (nSPS) is 13.9. The van der Waals surface area contributed by atoms with Gasteiger partial charge in [-0.25, -0.2) is 0 Å². The van der Waals surface area contributed by atoms with Crippen LogP contribution < -0.4 is 11.3 Å². The maximum Gasteiger partial charge on any atom is 0.0225 e. The van der Waals surface area contributed by atoms with E-state index in [1.165, 1.54) is 19.3 Å². The summed E-state index contributed by atoms with van der Waals surface area (Å²) in [6.45, 7) is 5.62. The van der Waals surface area contributed by atoms with E-state index in [1.54, 1.807) is 0 Å². The zero-order valence-electron chi connectivity index (χ0n) is 10.2. The summed E-state index contributed by atoms with van der Waals surface area (Å²) in [6, 6.07) is 0.474. The van der Waals surface area contributed by atoms with Crippen molar-refractivity contribution < 1.29 is 0 Å². The van der Waals surface area contributed by atoms with E-state index in [1.807, 2.05) is 0 Å². The average Bonchev–Trinajstić information content (AvgIpc) is 2.18. The molecule has 14 heavy (non-hydrogen) atoms. The molecule has 3 nitrogen and oxygen atoms in total. The molecule has 0 heterocycles. The molecule has 1 atom stereocenters. The Labute approximate surface area is 89.0 Å². The number of hydrazine groups is 1. The monoisotopic (exact) mass is 201 g/mol. The molecule has 0 saturated heterocycles. The van der Waals surface area contributed by atoms with E-state index in [0.29, 0.717) is 6.04 Å². The van der Waals surface area contributed by atoms with E-state index in [-0.39, 0.29) is 0 Å². The third kappa shape index (κ3) is 6.35. The molecule has 0 spiro atoms. The molecule has 0 saturated carbocycles. The summed E-state index contributed by atoms with van der Waals surface area (Å²) in [4.78, 5) is 2.21. The van der Waals surface area contributed by atoms with E-state index in [2.05, 4.69) is 38.3 Å². The van der Waals surface area contributed by atoms with Crippen molar-refractivity contribution in [1.29, 1.82) is 0 Å². The van der Waals surface area contributed by atoms with Crippen LogP contribution in [0.15, 0.2) is 0 Å². The molecule has 0 rings (SSSR count). The molecule has 0 bridgehead atoms. The van der Waals surface area contributed by atoms with Gasteiger partial charge in [0.25, 0.3) is 0 Å². The highest BCUT2D eigenvalue weighted by Crippen LogP contribution is 2.16. The highest BCUT2D eigenvalue weighted by atomic mass is 15.2. The Kier molecular flexibility index (Phi) is 8.14. The standard InChI is InChI=1S/C11H27N3/c1-5-10(6-2)9-11(13-12)7-8-14(3)4/h10-11,13H,5-9,12H2,1-4H3. The van der Waals surface area contributed by atoms with Gasteiger partial charge in [-0.05, 0) is 39.4 Å². The van der Waals surface area contributed by atoms with E-state index in [9.17, 15) is 0 Å². The Morgan fingerprint density at radius 2 is 1.79 bits per heavy atom. The van der Waals surface area contributed by atoms with Gasteiger partial charge in [-0.2, -0.15) is 0 Å². The number of nitrogens with two attached hydrogens (primary N) is 1. The minimum Gasteiger partial charge on any atom is -0.309 e. The molecule has 0 aromatic carbocycles. The van der Waals surface area contributed by atoms with Crippen molar-refractivity contribution in [3.8, 4) is 0 Å². The summed E-state index contributed by atoms with van der Waals surface area (Å²) in [6.07, 6.45) is 4.87. The average molecular weight is 201 g/mol. The van der Waals surface area contributed by atoms with Crippen molar-refractivity contribution in [2.45, 2.75) is 45.6 Å². The van der Waals surface area contributed by atoms with Crippen molar-refractivity contribution in [2.75, 3.05) is 20.6 Å². The molecule has 0 aliphatic rings. The lowest BCUT2D eigenvalue weighted by Crippen LogP contribution is -2.38. The quantitative estimate of drug-likeness (QED) is 0.463. The maximum atomic E-state index is 5.55. The predicted octanol–water partition coefficient (Wildman–Crippen LogP) is 1.60.